The molecule has 0 heterocycles. The lowest BCUT2D eigenvalue weighted by Crippen LogP contribution is -2.54. The maximum atomic E-state index is 14.3. The van der Waals surface area contributed by atoms with E-state index in [1.807, 2.05) is 19.9 Å². The number of benzene rings is 3. The Morgan fingerprint density at radius 1 is 0.956 bits per heavy atom. The molecule has 3 aromatic carbocycles. The Morgan fingerprint density at radius 2 is 1.64 bits per heavy atom. The predicted molar refractivity (Wildman–Crippen MR) is 171 cm³/mol. The second-order valence-corrected chi connectivity index (χ2v) is 12.9. The van der Waals surface area contributed by atoms with Crippen molar-refractivity contribution in [1.29, 1.82) is 0 Å². The topological polar surface area (TPSA) is 105 Å². The molecule has 11 heteroatoms. The molecule has 45 heavy (non-hydrogen) atoms. The third-order valence-electron chi connectivity index (χ3n) is 7.94. The Labute approximate surface area is 265 Å². The van der Waals surface area contributed by atoms with Crippen LogP contribution in [0.25, 0.3) is 0 Å². The van der Waals surface area contributed by atoms with Gasteiger partial charge in [0.1, 0.15) is 29.9 Å². The SMILES string of the molecule is CCOc1ccc(N(CC(=O)N(Cc2cccc(OC)c2)C(CC)C(=O)NC2CCCCC2)S(=O)(=O)c2ccc(F)cc2)cc1. The van der Waals surface area contributed by atoms with Gasteiger partial charge in [-0.05, 0) is 92.4 Å². The van der Waals surface area contributed by atoms with E-state index in [-0.39, 0.29) is 29.1 Å². The Morgan fingerprint density at radius 3 is 2.27 bits per heavy atom. The Bertz CT molecular complexity index is 1530. The fourth-order valence-corrected chi connectivity index (χ4v) is 6.98. The maximum Gasteiger partial charge on any atom is 0.264 e. The number of amides is 2. The van der Waals surface area contributed by atoms with Gasteiger partial charge >= 0.3 is 0 Å². The number of ether oxygens (including phenoxy) is 2. The van der Waals surface area contributed by atoms with Gasteiger partial charge in [-0.2, -0.15) is 0 Å². The van der Waals surface area contributed by atoms with Crippen LogP contribution in [-0.4, -0.2) is 57.5 Å². The lowest BCUT2D eigenvalue weighted by molar-refractivity contribution is -0.140. The third kappa shape index (κ3) is 8.75. The molecule has 0 aliphatic heterocycles. The van der Waals surface area contributed by atoms with Crippen molar-refractivity contribution in [2.45, 2.75) is 75.9 Å². The van der Waals surface area contributed by atoms with Gasteiger partial charge in [0, 0.05) is 12.6 Å². The Balaban J connectivity index is 1.72. The molecule has 0 spiro atoms. The van der Waals surface area contributed by atoms with Gasteiger partial charge in [-0.3, -0.25) is 13.9 Å². The molecule has 242 valence electrons. The summed E-state index contributed by atoms with van der Waals surface area (Å²) in [6.07, 6.45) is 5.29. The lowest BCUT2D eigenvalue weighted by Gasteiger charge is -2.34. The predicted octanol–water partition coefficient (Wildman–Crippen LogP) is 5.68. The van der Waals surface area contributed by atoms with E-state index in [2.05, 4.69) is 5.32 Å². The minimum absolute atomic E-state index is 0.0354. The van der Waals surface area contributed by atoms with Crippen LogP contribution < -0.4 is 19.1 Å². The van der Waals surface area contributed by atoms with Gasteiger partial charge in [0.15, 0.2) is 0 Å². The summed E-state index contributed by atoms with van der Waals surface area (Å²) in [4.78, 5) is 29.3. The largest absolute Gasteiger partial charge is 0.497 e. The molecule has 2 amide bonds. The molecule has 1 N–H and O–H groups in total. The van der Waals surface area contributed by atoms with E-state index in [0.717, 1.165) is 66.2 Å². The van der Waals surface area contributed by atoms with Gasteiger partial charge in [-0.1, -0.05) is 38.3 Å². The van der Waals surface area contributed by atoms with Gasteiger partial charge in [0.05, 0.1) is 24.3 Å². The maximum absolute atomic E-state index is 14.3. The zero-order chi connectivity index (χ0) is 32.4. The van der Waals surface area contributed by atoms with Crippen LogP contribution in [0.3, 0.4) is 0 Å². The highest BCUT2D eigenvalue weighted by molar-refractivity contribution is 7.92. The van der Waals surface area contributed by atoms with E-state index in [0.29, 0.717) is 24.5 Å². The summed E-state index contributed by atoms with van der Waals surface area (Å²) < 4.78 is 53.6. The molecular weight excluding hydrogens is 597 g/mol. The van der Waals surface area contributed by atoms with E-state index < -0.39 is 34.3 Å². The van der Waals surface area contributed by atoms with Crippen LogP contribution in [0.2, 0.25) is 0 Å². The molecular formula is C34H42FN3O6S. The zero-order valence-electron chi connectivity index (χ0n) is 26.1. The first-order chi connectivity index (χ1) is 21.7. The monoisotopic (exact) mass is 639 g/mol. The van der Waals surface area contributed by atoms with Crippen molar-refractivity contribution in [2.75, 3.05) is 24.6 Å². The van der Waals surface area contributed by atoms with Crippen molar-refractivity contribution in [1.82, 2.24) is 10.2 Å². The number of nitrogens with one attached hydrogen (secondary N) is 1. The van der Waals surface area contributed by atoms with Crippen molar-refractivity contribution in [3.05, 3.63) is 84.2 Å². The van der Waals surface area contributed by atoms with Crippen LogP contribution >= 0.6 is 0 Å². The molecule has 1 fully saturated rings. The van der Waals surface area contributed by atoms with Crippen molar-refractivity contribution >= 4 is 27.5 Å². The molecule has 1 saturated carbocycles. The number of carbonyl (C=O) groups is 2. The second-order valence-electron chi connectivity index (χ2n) is 11.0. The lowest BCUT2D eigenvalue weighted by atomic mass is 9.95. The number of nitrogens with zero attached hydrogens (tertiary/aromatic N) is 2. The number of anilines is 1. The summed E-state index contributed by atoms with van der Waals surface area (Å²) in [5.74, 6) is -0.291. The quantitative estimate of drug-likeness (QED) is 0.243. The van der Waals surface area contributed by atoms with E-state index in [1.54, 1.807) is 49.6 Å². The molecule has 1 atom stereocenters. The van der Waals surface area contributed by atoms with Crippen LogP contribution in [-0.2, 0) is 26.2 Å². The number of hydrogen-bond acceptors (Lipinski definition) is 6. The molecule has 0 saturated heterocycles. The smallest absolute Gasteiger partial charge is 0.264 e. The minimum Gasteiger partial charge on any atom is -0.497 e. The first-order valence-electron chi connectivity index (χ1n) is 15.4. The van der Waals surface area contributed by atoms with Gasteiger partial charge in [0.25, 0.3) is 10.0 Å². The van der Waals surface area contributed by atoms with Crippen molar-refractivity contribution in [3.8, 4) is 11.5 Å². The first-order valence-corrected chi connectivity index (χ1v) is 16.8. The average Bonchev–Trinajstić information content (AvgIpc) is 3.04. The highest BCUT2D eigenvalue weighted by Crippen LogP contribution is 2.27. The molecule has 4 rings (SSSR count). The van der Waals surface area contributed by atoms with Gasteiger partial charge in [0.2, 0.25) is 11.8 Å². The van der Waals surface area contributed by atoms with Crippen molar-refractivity contribution in [2.24, 2.45) is 0 Å². The van der Waals surface area contributed by atoms with Gasteiger partial charge in [-0.25, -0.2) is 12.8 Å². The summed E-state index contributed by atoms with van der Waals surface area (Å²) in [5, 5.41) is 3.14. The molecule has 3 aromatic rings. The molecule has 1 aliphatic rings. The fourth-order valence-electron chi connectivity index (χ4n) is 5.57. The van der Waals surface area contributed by atoms with Crippen molar-refractivity contribution in [3.63, 3.8) is 0 Å². The first kappa shape index (κ1) is 33.8. The van der Waals surface area contributed by atoms with E-state index >= 15 is 0 Å². The Hall–Kier alpha value is -4.12. The summed E-state index contributed by atoms with van der Waals surface area (Å²) in [5.41, 5.74) is 0.942. The minimum atomic E-state index is -4.33. The number of halogens is 1. The molecule has 1 unspecified atom stereocenters. The van der Waals surface area contributed by atoms with Gasteiger partial charge in [-0.15, -0.1) is 0 Å². The third-order valence-corrected chi connectivity index (χ3v) is 9.73. The number of hydrogen-bond donors (Lipinski definition) is 1. The Kier molecular flexibility index (Phi) is 11.8. The molecule has 0 bridgehead atoms. The molecule has 1 aliphatic carbocycles. The van der Waals surface area contributed by atoms with Crippen LogP contribution in [0.1, 0.15) is 57.9 Å². The van der Waals surface area contributed by atoms with Crippen LogP contribution in [0.5, 0.6) is 11.5 Å². The molecule has 0 aromatic heterocycles. The van der Waals surface area contributed by atoms with Crippen molar-refractivity contribution < 1.29 is 31.9 Å². The normalized spacial score (nSPS) is 14.3. The fraction of sp³-hybridized carbons (Fsp3) is 0.412. The van der Waals surface area contributed by atoms with E-state index in [4.69, 9.17) is 9.47 Å². The summed E-state index contributed by atoms with van der Waals surface area (Å²) in [7, 11) is -2.78. The molecule has 9 nitrogen and oxygen atoms in total. The second kappa shape index (κ2) is 15.7. The average molecular weight is 640 g/mol. The zero-order valence-corrected chi connectivity index (χ0v) is 26.9. The number of carbonyl (C=O) groups excluding carboxylic acids is 2. The summed E-state index contributed by atoms with van der Waals surface area (Å²) >= 11 is 0. The van der Waals surface area contributed by atoms with E-state index in [1.165, 1.54) is 4.90 Å². The number of rotatable bonds is 14. The van der Waals surface area contributed by atoms with E-state index in [9.17, 15) is 22.4 Å². The molecule has 0 radical (unpaired) electrons. The number of methoxy groups -OCH3 is 1. The standard InChI is InChI=1S/C34H42FN3O6S/c1-4-32(34(40)36-27-11-7-6-8-12-27)37(23-25-10-9-13-30(22-25)43-3)33(39)24-38(28-16-18-29(19-17-28)44-5-2)45(41,42)31-20-14-26(35)15-21-31/h9-10,13-22,27,32H,4-8,11-12,23-24H2,1-3H3,(H,36,40). The highest BCUT2D eigenvalue weighted by atomic mass is 32.2. The summed E-state index contributed by atoms with van der Waals surface area (Å²) in [6, 6.07) is 17.2. The summed E-state index contributed by atoms with van der Waals surface area (Å²) in [6.45, 7) is 3.56. The van der Waals surface area contributed by atoms with Crippen LogP contribution in [0, 0.1) is 5.82 Å². The van der Waals surface area contributed by atoms with Crippen LogP contribution in [0.15, 0.2) is 77.7 Å². The van der Waals surface area contributed by atoms with Crippen LogP contribution in [0.4, 0.5) is 10.1 Å². The number of sulfonamides is 1. The highest BCUT2D eigenvalue weighted by Gasteiger charge is 2.34. The van der Waals surface area contributed by atoms with Gasteiger partial charge < -0.3 is 19.7 Å².